The van der Waals surface area contributed by atoms with Crippen LogP contribution in [0, 0.1) is 0 Å². The second kappa shape index (κ2) is 24.4. The van der Waals surface area contributed by atoms with Crippen molar-refractivity contribution >= 4 is 130 Å². The van der Waals surface area contributed by atoms with Gasteiger partial charge in [-0.3, -0.25) is 0 Å². The maximum Gasteiger partial charge on any atom is 0.145 e. The maximum atomic E-state index is 6.29. The lowest BCUT2D eigenvalue weighted by atomic mass is 9.91. The van der Waals surface area contributed by atoms with Crippen molar-refractivity contribution in [3.05, 3.63) is 303 Å². The predicted octanol–water partition coefficient (Wildman–Crippen LogP) is 25.1. The molecule has 0 bridgehead atoms. The normalized spacial score (nSPS) is 12.0. The summed E-state index contributed by atoms with van der Waals surface area (Å²) in [4.78, 5) is 17.3. The Bertz CT molecular complexity index is 7400. The molecule has 0 fully saturated rings. The van der Waals surface area contributed by atoms with Gasteiger partial charge in [0, 0.05) is 53.5 Å². The lowest BCUT2D eigenvalue weighted by Crippen LogP contribution is -1.97. The van der Waals surface area contributed by atoms with Crippen LogP contribution in [0.25, 0.3) is 220 Å². The van der Waals surface area contributed by atoms with E-state index in [-0.39, 0.29) is 0 Å². The van der Waals surface area contributed by atoms with Gasteiger partial charge in [0.2, 0.25) is 0 Å². The third-order valence-electron chi connectivity index (χ3n) is 22.9. The average molecular weight is 1390 g/mol. The van der Waals surface area contributed by atoms with Crippen LogP contribution in [0.1, 0.15) is 0 Å². The molecule has 0 spiro atoms. The molecule has 21 rings (SSSR count). The summed E-state index contributed by atoms with van der Waals surface area (Å²) in [7, 11) is 11.7. The highest BCUT2D eigenvalue weighted by atomic mass is 16.5. The second-order valence-electron chi connectivity index (χ2n) is 28.5. The van der Waals surface area contributed by atoms with Crippen LogP contribution in [0.5, 0.6) is 17.2 Å². The zero-order valence-corrected chi connectivity index (χ0v) is 60.3. The van der Waals surface area contributed by atoms with E-state index in [0.717, 1.165) is 226 Å². The number of aryl methyl sites for hydroxylation is 3. The summed E-state index contributed by atoms with van der Waals surface area (Å²) >= 11 is 0. The van der Waals surface area contributed by atoms with Crippen LogP contribution < -0.4 is 14.2 Å². The molecule has 0 amide bonds. The molecule has 108 heavy (non-hydrogen) atoms. The van der Waals surface area contributed by atoms with E-state index in [9.17, 15) is 0 Å². The predicted molar refractivity (Wildman–Crippen MR) is 450 cm³/mol. The summed E-state index contributed by atoms with van der Waals surface area (Å²) in [6.07, 6.45) is 0. The number of fused-ring (bicyclic) bond motifs is 21. The maximum absolute atomic E-state index is 6.29. The van der Waals surface area contributed by atoms with Crippen molar-refractivity contribution in [3.63, 3.8) is 0 Å². The Morgan fingerprint density at radius 2 is 0.435 bits per heavy atom. The van der Waals surface area contributed by atoms with E-state index in [0.29, 0.717) is 0 Å². The number of aromatic nitrogens is 6. The topological polar surface area (TPSA) is 81.2 Å². The van der Waals surface area contributed by atoms with Crippen LogP contribution >= 0.6 is 0 Å². The Kier molecular flexibility index (Phi) is 14.1. The van der Waals surface area contributed by atoms with Crippen molar-refractivity contribution in [2.75, 3.05) is 21.3 Å². The first-order valence-electron chi connectivity index (χ1n) is 36.6. The number of rotatable bonds is 11. The van der Waals surface area contributed by atoms with Crippen molar-refractivity contribution < 1.29 is 14.2 Å². The van der Waals surface area contributed by atoms with Gasteiger partial charge < -0.3 is 27.9 Å². The molecular formula is C99H68N6O3. The average Bonchev–Trinajstić information content (AvgIpc) is 1.51. The highest BCUT2D eigenvalue weighted by Gasteiger charge is 2.27. The SMILES string of the molecule is COc1ccc2ccccc2c1-c1nc2c3cc(-c4ccc5c6ccc(-c7ccc8c9ccc(-c%10ccccc%10)cc9c9c(nc(-c%10c(OC)ccc%11ccccc%10%11)n9C)c8c7)cc6c6c(nc(-c7c(OC)ccc8ccccc78)n6C)c5c4)ccc3c3ccc(-c4ccc(-c5ccccc5)cc4)cc3c2n1C. The summed E-state index contributed by atoms with van der Waals surface area (Å²) in [5.74, 6) is 4.78. The number of nitrogens with zero attached hydrogens (tertiary/aromatic N) is 6. The van der Waals surface area contributed by atoms with Crippen LogP contribution in [0.15, 0.2) is 303 Å². The number of ether oxygens (including phenoxy) is 3. The fourth-order valence-corrected chi connectivity index (χ4v) is 17.7. The van der Waals surface area contributed by atoms with Crippen molar-refractivity contribution in [2.45, 2.75) is 0 Å². The van der Waals surface area contributed by atoms with Crippen molar-refractivity contribution in [3.8, 4) is 107 Å². The molecule has 3 heterocycles. The molecule has 0 aliphatic carbocycles. The van der Waals surface area contributed by atoms with Gasteiger partial charge >= 0.3 is 0 Å². The van der Waals surface area contributed by atoms with Crippen molar-refractivity contribution in [1.29, 1.82) is 0 Å². The van der Waals surface area contributed by atoms with E-state index >= 15 is 0 Å². The lowest BCUT2D eigenvalue weighted by molar-refractivity contribution is 0.416. The van der Waals surface area contributed by atoms with Gasteiger partial charge in [-0.1, -0.05) is 249 Å². The standard InChI is InChI=1S/C99H68N6O3/c1-103-94-82-54-64(58-21-11-8-12-22-58)33-45-76(82)74-44-37-68(53-81(74)92(94)101-97(103)88-70-26-16-13-23-61(70)39-48-85(88)106-4)69-38-47-78-75-43-36-67(52-80(75)93-96(84(78)56-69)105(3)99(102-93)90-72-28-18-15-25-63(72)41-50-87(90)108-6)66-35-42-73-77-46-34-65(60-31-29-59(30-32-60)57-19-9-7-10-20-57)55-83(77)95-91(79(73)51-66)100-98(104(95)2)89-71-27-17-14-24-62(71)40-49-86(89)107-5/h7-56H,1-6H3. The van der Waals surface area contributed by atoms with Crippen LogP contribution in [0.2, 0.25) is 0 Å². The van der Waals surface area contributed by atoms with E-state index in [1.165, 1.54) is 11.1 Å². The summed E-state index contributed by atoms with van der Waals surface area (Å²) < 4.78 is 25.6. The lowest BCUT2D eigenvalue weighted by Gasteiger charge is -2.15. The fourth-order valence-electron chi connectivity index (χ4n) is 17.7. The van der Waals surface area contributed by atoms with Gasteiger partial charge in [0.1, 0.15) is 34.7 Å². The Hall–Kier alpha value is -13.9. The molecule has 21 aromatic rings. The minimum absolute atomic E-state index is 0.755. The molecule has 0 N–H and O–H groups in total. The Morgan fingerprint density at radius 3 is 0.741 bits per heavy atom. The second-order valence-corrected chi connectivity index (χ2v) is 28.5. The Morgan fingerprint density at radius 1 is 0.204 bits per heavy atom. The number of imidazole rings is 3. The van der Waals surface area contributed by atoms with Gasteiger partial charge in [0.05, 0.1) is 71.1 Å². The Balaban J connectivity index is 0.771. The zero-order valence-electron chi connectivity index (χ0n) is 60.3. The van der Waals surface area contributed by atoms with E-state index in [2.05, 4.69) is 338 Å². The van der Waals surface area contributed by atoms with Gasteiger partial charge in [-0.05, 0) is 175 Å². The van der Waals surface area contributed by atoms with Crippen molar-refractivity contribution in [2.24, 2.45) is 21.1 Å². The zero-order chi connectivity index (χ0) is 72.2. The highest BCUT2D eigenvalue weighted by Crippen LogP contribution is 2.49. The Labute approximate surface area is 622 Å². The minimum atomic E-state index is 0.755. The molecule has 0 aliphatic rings. The molecule has 18 aromatic carbocycles. The van der Waals surface area contributed by atoms with E-state index in [1.54, 1.807) is 21.3 Å². The van der Waals surface area contributed by atoms with E-state index in [4.69, 9.17) is 29.2 Å². The van der Waals surface area contributed by atoms with Crippen LogP contribution in [0.3, 0.4) is 0 Å². The molecule has 3 aromatic heterocycles. The van der Waals surface area contributed by atoms with E-state index in [1.807, 2.05) is 0 Å². The molecule has 0 saturated heterocycles. The van der Waals surface area contributed by atoms with Crippen LogP contribution in [-0.2, 0) is 21.1 Å². The number of benzene rings is 18. The van der Waals surface area contributed by atoms with Gasteiger partial charge in [0.25, 0.3) is 0 Å². The monoisotopic (exact) mass is 1390 g/mol. The first-order valence-corrected chi connectivity index (χ1v) is 36.6. The third kappa shape index (κ3) is 9.47. The summed E-state index contributed by atoms with van der Waals surface area (Å²) in [5, 5.41) is 19.9. The molecule has 0 aliphatic heterocycles. The summed E-state index contributed by atoms with van der Waals surface area (Å²) in [5.41, 5.74) is 20.0. The van der Waals surface area contributed by atoms with Crippen LogP contribution in [0.4, 0.5) is 0 Å². The number of hydrogen-bond acceptors (Lipinski definition) is 6. The molecule has 0 saturated carbocycles. The van der Waals surface area contributed by atoms with Gasteiger partial charge in [-0.25, -0.2) is 15.0 Å². The molecular weight excluding hydrogens is 1320 g/mol. The van der Waals surface area contributed by atoms with Crippen LogP contribution in [-0.4, -0.2) is 50.0 Å². The minimum Gasteiger partial charge on any atom is -0.496 e. The highest BCUT2D eigenvalue weighted by molar-refractivity contribution is 6.29. The smallest absolute Gasteiger partial charge is 0.145 e. The van der Waals surface area contributed by atoms with Gasteiger partial charge in [-0.2, -0.15) is 0 Å². The molecule has 9 nitrogen and oxygen atoms in total. The molecule has 512 valence electrons. The molecule has 0 atom stereocenters. The summed E-state index contributed by atoms with van der Waals surface area (Å²) in [6.45, 7) is 0. The molecule has 9 heteroatoms. The van der Waals surface area contributed by atoms with Gasteiger partial charge in [-0.15, -0.1) is 0 Å². The number of methoxy groups -OCH3 is 3. The first kappa shape index (κ1) is 62.7. The summed E-state index contributed by atoms with van der Waals surface area (Å²) in [6, 6.07) is 110. The molecule has 0 unspecified atom stereocenters. The van der Waals surface area contributed by atoms with Gasteiger partial charge in [0.15, 0.2) is 0 Å². The van der Waals surface area contributed by atoms with Crippen molar-refractivity contribution in [1.82, 2.24) is 28.7 Å². The first-order chi connectivity index (χ1) is 53.2. The molecule has 0 radical (unpaired) electrons. The largest absolute Gasteiger partial charge is 0.496 e. The third-order valence-corrected chi connectivity index (χ3v) is 22.9. The van der Waals surface area contributed by atoms with E-state index < -0.39 is 0 Å². The number of hydrogen-bond donors (Lipinski definition) is 0. The quantitative estimate of drug-likeness (QED) is 0.120. The fraction of sp³-hybridized carbons (Fsp3) is 0.0606.